The first-order chi connectivity index (χ1) is 19.8. The molecule has 41 heavy (non-hydrogen) atoms. The van der Waals surface area contributed by atoms with Crippen molar-refractivity contribution in [1.29, 1.82) is 0 Å². The number of amides is 1. The van der Waals surface area contributed by atoms with Gasteiger partial charge < -0.3 is 15.2 Å². The lowest BCUT2D eigenvalue weighted by Crippen LogP contribution is -2.54. The lowest BCUT2D eigenvalue weighted by Gasteiger charge is -2.39. The van der Waals surface area contributed by atoms with Crippen molar-refractivity contribution >= 4 is 51.8 Å². The molecule has 4 atom stereocenters. The molecule has 1 amide bonds. The van der Waals surface area contributed by atoms with E-state index in [0.29, 0.717) is 45.6 Å². The number of pyridine rings is 1. The number of carboxylic acid groups (broad SMARTS) is 1. The average Bonchev–Trinajstić information content (AvgIpc) is 3.54. The number of anilines is 1. The second kappa shape index (κ2) is 8.64. The number of carboxylic acids is 1. The number of hydrogen-bond acceptors (Lipinski definition) is 6. The highest BCUT2D eigenvalue weighted by atomic mass is 35.5. The first kappa shape index (κ1) is 25.0. The van der Waals surface area contributed by atoms with Crippen molar-refractivity contribution in [3.8, 4) is 5.88 Å². The lowest BCUT2D eigenvalue weighted by molar-refractivity contribution is -0.128. The summed E-state index contributed by atoms with van der Waals surface area (Å²) in [5, 5.41) is 18.2. The van der Waals surface area contributed by atoms with Crippen LogP contribution in [0.25, 0.3) is 11.0 Å². The summed E-state index contributed by atoms with van der Waals surface area (Å²) < 4.78 is 24.1. The van der Waals surface area contributed by atoms with Crippen LogP contribution in [0.5, 0.6) is 5.88 Å². The zero-order chi connectivity index (χ0) is 28.2. The van der Waals surface area contributed by atoms with Gasteiger partial charge in [-0.1, -0.05) is 41.4 Å². The number of nitrogens with one attached hydrogen (secondary N) is 1. The summed E-state index contributed by atoms with van der Waals surface area (Å²) in [6.45, 7) is 0.794. The molecule has 2 fully saturated rings. The molecule has 2 aromatic carbocycles. The molecule has 9 nitrogen and oxygen atoms in total. The van der Waals surface area contributed by atoms with E-state index in [0.717, 1.165) is 12.8 Å². The normalized spacial score (nSPS) is 26.5. The Hall–Kier alpha value is -3.73. The standard InChI is InChI=1S/C29H22Cl2FN5O4/c30-15-6-7-18-20(9-15)34-28(40)29(18)22(16-2-1-3-19(31)23(16)32)24-21(36(29)11-13-4-5-13)12-41-26-17-8-14(27(38)39)10-33-25(17)35-37(24)26/h1-3,6-10,13,21-22,24H,4-5,11-12H2,(H,34,40)(H,38,39)/t21-,22-,24+,29+/m0/s1. The van der Waals surface area contributed by atoms with Gasteiger partial charge in [-0.2, -0.15) is 0 Å². The Labute approximate surface area is 242 Å². The predicted molar refractivity (Wildman–Crippen MR) is 148 cm³/mol. The van der Waals surface area contributed by atoms with Gasteiger partial charge >= 0.3 is 5.97 Å². The highest BCUT2D eigenvalue weighted by Gasteiger charge is 2.69. The van der Waals surface area contributed by atoms with Crippen LogP contribution in [0.3, 0.4) is 0 Å². The topological polar surface area (TPSA) is 110 Å². The zero-order valence-corrected chi connectivity index (χ0v) is 22.9. The van der Waals surface area contributed by atoms with Gasteiger partial charge in [0.05, 0.1) is 28.1 Å². The maximum atomic E-state index is 16.1. The zero-order valence-electron chi connectivity index (χ0n) is 21.4. The van der Waals surface area contributed by atoms with Crippen molar-refractivity contribution in [2.24, 2.45) is 5.92 Å². The van der Waals surface area contributed by atoms with Crippen LogP contribution in [-0.4, -0.2) is 55.8 Å². The van der Waals surface area contributed by atoms with E-state index < -0.39 is 29.3 Å². The molecule has 0 bridgehead atoms. The molecule has 3 aliphatic heterocycles. The van der Waals surface area contributed by atoms with Gasteiger partial charge in [-0.15, -0.1) is 5.10 Å². The largest absolute Gasteiger partial charge is 0.478 e. The van der Waals surface area contributed by atoms with E-state index in [9.17, 15) is 14.7 Å². The van der Waals surface area contributed by atoms with Crippen LogP contribution < -0.4 is 10.1 Å². The first-order valence-corrected chi connectivity index (χ1v) is 14.1. The quantitative estimate of drug-likeness (QED) is 0.333. The third-order valence-electron chi connectivity index (χ3n) is 8.92. The van der Waals surface area contributed by atoms with Crippen molar-refractivity contribution in [3.05, 3.63) is 81.2 Å². The maximum Gasteiger partial charge on any atom is 0.337 e. The van der Waals surface area contributed by atoms with Crippen molar-refractivity contribution in [3.63, 3.8) is 0 Å². The van der Waals surface area contributed by atoms with Crippen molar-refractivity contribution in [2.45, 2.75) is 36.4 Å². The number of halogens is 3. The van der Waals surface area contributed by atoms with Crippen LogP contribution in [0.1, 0.15) is 46.3 Å². The van der Waals surface area contributed by atoms with Gasteiger partial charge in [0, 0.05) is 34.9 Å². The number of benzene rings is 2. The smallest absolute Gasteiger partial charge is 0.337 e. The van der Waals surface area contributed by atoms with Gasteiger partial charge in [0.25, 0.3) is 0 Å². The summed E-state index contributed by atoms with van der Waals surface area (Å²) in [6, 6.07) is 10.7. The minimum atomic E-state index is -1.31. The van der Waals surface area contributed by atoms with Gasteiger partial charge in [-0.3, -0.25) is 9.69 Å². The molecular formula is C29H22Cl2FN5O4. The fourth-order valence-electron chi connectivity index (χ4n) is 7.09. The van der Waals surface area contributed by atoms with Crippen LogP contribution in [0, 0.1) is 11.7 Å². The van der Waals surface area contributed by atoms with E-state index in [-0.39, 0.29) is 34.7 Å². The van der Waals surface area contributed by atoms with Crippen molar-refractivity contribution in [2.75, 3.05) is 18.5 Å². The monoisotopic (exact) mass is 593 g/mol. The number of hydrogen-bond donors (Lipinski definition) is 2. The SMILES string of the molecule is O=C(O)c1cnc2nn3c(c2c1)OC[C@H]1[C@@H]3[C@H](c2cccc(Cl)c2F)[C@]2(C(=O)Nc3cc(Cl)ccc32)N1CC1CC1. The Morgan fingerprint density at radius 2 is 2.05 bits per heavy atom. The molecule has 1 saturated carbocycles. The maximum absolute atomic E-state index is 16.1. The second-order valence-corrected chi connectivity index (χ2v) is 12.0. The second-order valence-electron chi connectivity index (χ2n) is 11.1. The molecule has 8 rings (SSSR count). The molecule has 1 spiro atoms. The highest BCUT2D eigenvalue weighted by molar-refractivity contribution is 6.31. The van der Waals surface area contributed by atoms with Gasteiger partial charge in [0.2, 0.25) is 11.8 Å². The molecule has 4 aromatic rings. The third kappa shape index (κ3) is 3.38. The van der Waals surface area contributed by atoms with E-state index in [1.165, 1.54) is 18.3 Å². The number of rotatable bonds is 4. The Morgan fingerprint density at radius 3 is 2.83 bits per heavy atom. The molecule has 5 heterocycles. The fourth-order valence-corrected chi connectivity index (χ4v) is 7.45. The van der Waals surface area contributed by atoms with Gasteiger partial charge in [0.15, 0.2) is 5.65 Å². The van der Waals surface area contributed by atoms with Gasteiger partial charge in [-0.25, -0.2) is 18.9 Å². The van der Waals surface area contributed by atoms with E-state index in [4.69, 9.17) is 33.0 Å². The van der Waals surface area contributed by atoms with Crippen molar-refractivity contribution in [1.82, 2.24) is 19.7 Å². The number of likely N-dealkylation sites (tertiary alicyclic amines) is 1. The van der Waals surface area contributed by atoms with E-state index in [2.05, 4.69) is 15.2 Å². The molecule has 4 aliphatic rings. The van der Waals surface area contributed by atoms with Gasteiger partial charge in [0.1, 0.15) is 18.0 Å². The summed E-state index contributed by atoms with van der Waals surface area (Å²) in [7, 11) is 0. The Morgan fingerprint density at radius 1 is 1.22 bits per heavy atom. The molecule has 0 unspecified atom stereocenters. The minimum Gasteiger partial charge on any atom is -0.478 e. The number of aromatic nitrogens is 3. The van der Waals surface area contributed by atoms with Gasteiger partial charge in [-0.05, 0) is 48.6 Å². The number of carbonyl (C=O) groups is 2. The summed E-state index contributed by atoms with van der Waals surface area (Å²) in [5.74, 6) is -2.06. The van der Waals surface area contributed by atoms with Crippen LogP contribution >= 0.6 is 23.2 Å². The van der Waals surface area contributed by atoms with E-state index >= 15 is 4.39 Å². The summed E-state index contributed by atoms with van der Waals surface area (Å²) in [5.41, 5.74) is 0.552. The fraction of sp³-hybridized carbons (Fsp3) is 0.310. The van der Waals surface area contributed by atoms with E-state index in [1.807, 2.05) is 6.07 Å². The molecule has 2 N–H and O–H groups in total. The molecule has 1 saturated heterocycles. The number of nitrogens with zero attached hydrogens (tertiary/aromatic N) is 4. The molecule has 1 aliphatic carbocycles. The third-order valence-corrected chi connectivity index (χ3v) is 9.45. The van der Waals surface area contributed by atoms with Crippen LogP contribution in [0.15, 0.2) is 48.7 Å². The number of aromatic carboxylic acids is 1. The first-order valence-electron chi connectivity index (χ1n) is 13.4. The highest BCUT2D eigenvalue weighted by Crippen LogP contribution is 2.63. The Kier molecular flexibility index (Phi) is 5.27. The van der Waals surface area contributed by atoms with E-state index in [1.54, 1.807) is 28.9 Å². The minimum absolute atomic E-state index is 0.00399. The number of ether oxygens (including phenoxy) is 1. The lowest BCUT2D eigenvalue weighted by atomic mass is 9.73. The Bertz CT molecular complexity index is 1810. The molecule has 208 valence electrons. The van der Waals surface area contributed by atoms with Crippen LogP contribution in [-0.2, 0) is 10.3 Å². The molecule has 0 radical (unpaired) electrons. The molecule has 12 heteroatoms. The summed E-state index contributed by atoms with van der Waals surface area (Å²) in [4.78, 5) is 32.6. The summed E-state index contributed by atoms with van der Waals surface area (Å²) >= 11 is 12.7. The summed E-state index contributed by atoms with van der Waals surface area (Å²) in [6.07, 6.45) is 3.32. The number of fused-ring (bicyclic) bond motifs is 7. The molecule has 2 aromatic heterocycles. The van der Waals surface area contributed by atoms with Crippen LogP contribution in [0.4, 0.5) is 10.1 Å². The average molecular weight is 594 g/mol. The van der Waals surface area contributed by atoms with Crippen LogP contribution in [0.2, 0.25) is 10.0 Å². The predicted octanol–water partition coefficient (Wildman–Crippen LogP) is 5.23. The molecular weight excluding hydrogens is 572 g/mol. The Balaban J connectivity index is 1.43. The number of carbonyl (C=O) groups excluding carboxylic acids is 1. The van der Waals surface area contributed by atoms with Crippen molar-refractivity contribution < 1.29 is 23.8 Å².